The second-order valence-corrected chi connectivity index (χ2v) is 4.99. The molecule has 2 N–H and O–H groups in total. The smallest absolute Gasteiger partial charge is 0.251 e. The first-order valence-electron chi connectivity index (χ1n) is 6.54. The zero-order valence-electron chi connectivity index (χ0n) is 10.8. The molecule has 1 saturated heterocycles. The number of carbonyl (C=O) groups is 1. The fourth-order valence-electron chi connectivity index (χ4n) is 2.56. The van der Waals surface area contributed by atoms with Crippen LogP contribution in [0.4, 0.5) is 0 Å². The number of nitrogens with one attached hydrogen (secondary N) is 2. The van der Waals surface area contributed by atoms with E-state index in [1.807, 2.05) is 18.2 Å². The minimum Gasteiger partial charge on any atom is -0.372 e. The van der Waals surface area contributed by atoms with Crippen LogP contribution >= 0.6 is 12.4 Å². The van der Waals surface area contributed by atoms with Crippen LogP contribution in [0.25, 0.3) is 0 Å². The van der Waals surface area contributed by atoms with Gasteiger partial charge in [-0.2, -0.15) is 0 Å². The molecular weight excluding hydrogens is 264 g/mol. The molecule has 2 heterocycles. The lowest BCUT2D eigenvalue weighted by molar-refractivity contribution is 0.0930. The highest BCUT2D eigenvalue weighted by Crippen LogP contribution is 2.20. The zero-order chi connectivity index (χ0) is 12.4. The molecule has 2 aliphatic rings. The molecule has 1 amide bonds. The number of halogens is 1. The first kappa shape index (κ1) is 14.3. The monoisotopic (exact) mass is 282 g/mol. The summed E-state index contributed by atoms with van der Waals surface area (Å²) in [4.78, 5) is 12.1. The first-order chi connectivity index (χ1) is 8.83. The van der Waals surface area contributed by atoms with Crippen molar-refractivity contribution in [2.75, 3.05) is 13.1 Å². The minimum absolute atomic E-state index is 0. The lowest BCUT2D eigenvalue weighted by atomic mass is 10.0. The Labute approximate surface area is 119 Å². The Morgan fingerprint density at radius 3 is 2.95 bits per heavy atom. The fourth-order valence-corrected chi connectivity index (χ4v) is 2.56. The number of ether oxygens (including phenoxy) is 1. The van der Waals surface area contributed by atoms with E-state index in [2.05, 4.69) is 10.6 Å². The van der Waals surface area contributed by atoms with E-state index in [0.29, 0.717) is 13.2 Å². The molecule has 1 aromatic rings. The van der Waals surface area contributed by atoms with Crippen molar-refractivity contribution in [3.05, 3.63) is 34.9 Å². The van der Waals surface area contributed by atoms with Gasteiger partial charge in [0.2, 0.25) is 0 Å². The van der Waals surface area contributed by atoms with Gasteiger partial charge in [-0.25, -0.2) is 0 Å². The number of hydrogen-bond donors (Lipinski definition) is 2. The number of hydrogen-bond acceptors (Lipinski definition) is 3. The van der Waals surface area contributed by atoms with Crippen LogP contribution < -0.4 is 10.6 Å². The highest BCUT2D eigenvalue weighted by molar-refractivity contribution is 5.94. The Kier molecular flexibility index (Phi) is 4.80. The highest BCUT2D eigenvalue weighted by atomic mass is 35.5. The van der Waals surface area contributed by atoms with Gasteiger partial charge in [-0.1, -0.05) is 6.07 Å². The molecule has 0 bridgehead atoms. The predicted molar refractivity (Wildman–Crippen MR) is 75.5 cm³/mol. The maximum absolute atomic E-state index is 12.1. The van der Waals surface area contributed by atoms with E-state index in [9.17, 15) is 4.79 Å². The molecule has 19 heavy (non-hydrogen) atoms. The van der Waals surface area contributed by atoms with Crippen LogP contribution in [0.3, 0.4) is 0 Å². The van der Waals surface area contributed by atoms with Crippen LogP contribution in [0, 0.1) is 0 Å². The number of carbonyl (C=O) groups excluding carboxylic acids is 1. The van der Waals surface area contributed by atoms with Crippen LogP contribution in [0.5, 0.6) is 0 Å². The van der Waals surface area contributed by atoms with E-state index in [4.69, 9.17) is 4.74 Å². The Morgan fingerprint density at radius 2 is 2.16 bits per heavy atom. The standard InChI is InChI=1S/C14H18N2O2.ClH/c17-14(16-13-2-1-5-15-7-13)10-3-4-11-8-18-9-12(11)6-10;/h3-4,6,13,15H,1-2,5,7-9H2,(H,16,17);1H/t13-;/m0./s1. The maximum Gasteiger partial charge on any atom is 0.251 e. The molecule has 5 heteroatoms. The Hall–Kier alpha value is -1.10. The van der Waals surface area contributed by atoms with Crippen molar-refractivity contribution < 1.29 is 9.53 Å². The molecule has 0 spiro atoms. The lowest BCUT2D eigenvalue weighted by Crippen LogP contribution is -2.45. The Morgan fingerprint density at radius 1 is 1.32 bits per heavy atom. The summed E-state index contributed by atoms with van der Waals surface area (Å²) in [7, 11) is 0. The minimum atomic E-state index is 0. The molecule has 0 radical (unpaired) electrons. The van der Waals surface area contributed by atoms with Gasteiger partial charge in [-0.15, -0.1) is 12.4 Å². The van der Waals surface area contributed by atoms with Crippen LogP contribution in [-0.2, 0) is 18.0 Å². The van der Waals surface area contributed by atoms with E-state index in [1.165, 1.54) is 5.56 Å². The number of amides is 1. The number of fused-ring (bicyclic) bond motifs is 1. The van der Waals surface area contributed by atoms with Gasteiger partial charge in [0, 0.05) is 18.2 Å². The quantitative estimate of drug-likeness (QED) is 0.867. The van der Waals surface area contributed by atoms with Gasteiger partial charge < -0.3 is 15.4 Å². The highest BCUT2D eigenvalue weighted by Gasteiger charge is 2.18. The summed E-state index contributed by atoms with van der Waals surface area (Å²) in [6.45, 7) is 3.23. The van der Waals surface area contributed by atoms with Gasteiger partial charge in [0.25, 0.3) is 5.91 Å². The van der Waals surface area contributed by atoms with E-state index in [0.717, 1.165) is 37.1 Å². The van der Waals surface area contributed by atoms with E-state index in [1.54, 1.807) is 0 Å². The molecule has 1 fully saturated rings. The van der Waals surface area contributed by atoms with Crippen molar-refractivity contribution in [3.8, 4) is 0 Å². The summed E-state index contributed by atoms with van der Waals surface area (Å²) in [6, 6.07) is 6.10. The maximum atomic E-state index is 12.1. The van der Waals surface area contributed by atoms with E-state index in [-0.39, 0.29) is 24.4 Å². The molecule has 104 valence electrons. The topological polar surface area (TPSA) is 50.4 Å². The first-order valence-corrected chi connectivity index (χ1v) is 6.54. The second kappa shape index (κ2) is 6.37. The number of benzene rings is 1. The van der Waals surface area contributed by atoms with Crippen LogP contribution in [0.1, 0.15) is 34.3 Å². The van der Waals surface area contributed by atoms with E-state index >= 15 is 0 Å². The van der Waals surface area contributed by atoms with Crippen molar-refractivity contribution >= 4 is 18.3 Å². The molecule has 4 nitrogen and oxygen atoms in total. The third-order valence-electron chi connectivity index (χ3n) is 3.62. The van der Waals surface area contributed by atoms with E-state index < -0.39 is 0 Å². The zero-order valence-corrected chi connectivity index (χ0v) is 11.6. The Balaban J connectivity index is 0.00000133. The normalized spacial score (nSPS) is 21.4. The molecule has 0 saturated carbocycles. The summed E-state index contributed by atoms with van der Waals surface area (Å²) in [5.41, 5.74) is 3.08. The van der Waals surface area contributed by atoms with Gasteiger partial charge in [-0.05, 0) is 42.6 Å². The summed E-state index contributed by atoms with van der Waals surface area (Å²) in [5, 5.41) is 6.38. The van der Waals surface area contributed by atoms with Crippen molar-refractivity contribution in [1.29, 1.82) is 0 Å². The lowest BCUT2D eigenvalue weighted by Gasteiger charge is -2.23. The van der Waals surface area contributed by atoms with Gasteiger partial charge in [0.05, 0.1) is 13.2 Å². The van der Waals surface area contributed by atoms with Crippen molar-refractivity contribution in [3.63, 3.8) is 0 Å². The van der Waals surface area contributed by atoms with Gasteiger partial charge in [0.15, 0.2) is 0 Å². The summed E-state index contributed by atoms with van der Waals surface area (Å²) >= 11 is 0. The van der Waals surface area contributed by atoms with Crippen molar-refractivity contribution in [2.24, 2.45) is 0 Å². The molecule has 0 aromatic heterocycles. The fraction of sp³-hybridized carbons (Fsp3) is 0.500. The average molecular weight is 283 g/mol. The number of piperidine rings is 1. The Bertz CT molecular complexity index is 459. The summed E-state index contributed by atoms with van der Waals surface area (Å²) in [6.07, 6.45) is 2.19. The average Bonchev–Trinajstić information content (AvgIpc) is 2.87. The van der Waals surface area contributed by atoms with Crippen molar-refractivity contribution in [2.45, 2.75) is 32.1 Å². The summed E-state index contributed by atoms with van der Waals surface area (Å²) in [5.74, 6) is 0.0263. The SMILES string of the molecule is Cl.O=C(N[C@H]1CCCNC1)c1ccc2c(c1)COC2. The molecule has 1 aromatic carbocycles. The van der Waals surface area contributed by atoms with Gasteiger partial charge in [-0.3, -0.25) is 4.79 Å². The van der Waals surface area contributed by atoms with Crippen LogP contribution in [0.2, 0.25) is 0 Å². The molecule has 0 aliphatic carbocycles. The summed E-state index contributed by atoms with van der Waals surface area (Å²) < 4.78 is 5.36. The van der Waals surface area contributed by atoms with Gasteiger partial charge in [0.1, 0.15) is 0 Å². The van der Waals surface area contributed by atoms with Gasteiger partial charge >= 0.3 is 0 Å². The third kappa shape index (κ3) is 3.26. The molecular formula is C14H19ClN2O2. The second-order valence-electron chi connectivity index (χ2n) is 4.99. The van der Waals surface area contributed by atoms with Crippen LogP contribution in [-0.4, -0.2) is 25.0 Å². The molecule has 2 aliphatic heterocycles. The van der Waals surface area contributed by atoms with Crippen molar-refractivity contribution in [1.82, 2.24) is 10.6 Å². The third-order valence-corrected chi connectivity index (χ3v) is 3.62. The van der Waals surface area contributed by atoms with Crippen LogP contribution in [0.15, 0.2) is 18.2 Å². The largest absolute Gasteiger partial charge is 0.372 e. The predicted octanol–water partition coefficient (Wildman–Crippen LogP) is 1.62. The molecule has 3 rings (SSSR count). The molecule has 0 unspecified atom stereocenters. The number of rotatable bonds is 2. The molecule has 1 atom stereocenters.